The highest BCUT2D eigenvalue weighted by molar-refractivity contribution is 7.10. The van der Waals surface area contributed by atoms with Crippen LogP contribution in [0.4, 0.5) is 5.69 Å². The summed E-state index contributed by atoms with van der Waals surface area (Å²) in [5.74, 6) is 0.0670. The van der Waals surface area contributed by atoms with E-state index >= 15 is 0 Å². The summed E-state index contributed by atoms with van der Waals surface area (Å²) in [7, 11) is 0. The lowest BCUT2D eigenvalue weighted by molar-refractivity contribution is -0.116. The molecule has 1 aromatic carbocycles. The van der Waals surface area contributed by atoms with E-state index in [0.717, 1.165) is 34.5 Å². The zero-order valence-electron chi connectivity index (χ0n) is 11.3. The van der Waals surface area contributed by atoms with E-state index in [0.29, 0.717) is 6.42 Å². The molecule has 2 N–H and O–H groups in total. The fraction of sp³-hybridized carbons (Fsp3) is 0.312. The minimum Gasteiger partial charge on any atom is -0.383 e. The molecule has 0 radical (unpaired) electrons. The third-order valence-corrected chi connectivity index (χ3v) is 4.76. The fourth-order valence-electron chi connectivity index (χ4n) is 2.60. The van der Waals surface area contributed by atoms with Gasteiger partial charge in [-0.2, -0.15) is 0 Å². The maximum atomic E-state index is 11.4. The molecule has 0 saturated heterocycles. The predicted octanol–water partition coefficient (Wildman–Crippen LogP) is 3.28. The van der Waals surface area contributed by atoms with Crippen molar-refractivity contribution in [2.75, 3.05) is 5.32 Å². The highest BCUT2D eigenvalue weighted by atomic mass is 32.1. The minimum absolute atomic E-state index is 0.0670. The van der Waals surface area contributed by atoms with Crippen molar-refractivity contribution in [3.8, 4) is 0 Å². The van der Waals surface area contributed by atoms with Crippen molar-refractivity contribution < 1.29 is 9.90 Å². The highest BCUT2D eigenvalue weighted by Gasteiger charge is 2.19. The van der Waals surface area contributed by atoms with Crippen LogP contribution >= 0.6 is 11.3 Å². The molecule has 1 amide bonds. The van der Waals surface area contributed by atoms with E-state index in [4.69, 9.17) is 0 Å². The highest BCUT2D eigenvalue weighted by Crippen LogP contribution is 2.33. The molecule has 0 fully saturated rings. The van der Waals surface area contributed by atoms with Crippen molar-refractivity contribution >= 4 is 22.9 Å². The number of rotatable bonds is 3. The molecule has 4 heteroatoms. The number of nitrogens with one attached hydrogen (secondary N) is 1. The maximum Gasteiger partial charge on any atom is 0.224 e. The summed E-state index contributed by atoms with van der Waals surface area (Å²) in [6, 6.07) is 7.87. The summed E-state index contributed by atoms with van der Waals surface area (Å²) in [5.41, 5.74) is 4.08. The average Bonchev–Trinajstić information content (AvgIpc) is 2.94. The lowest BCUT2D eigenvalue weighted by atomic mass is 9.97. The topological polar surface area (TPSA) is 49.3 Å². The van der Waals surface area contributed by atoms with Crippen LogP contribution in [0.3, 0.4) is 0 Å². The number of aryl methyl sites for hydroxylation is 2. The molecule has 1 aliphatic rings. The van der Waals surface area contributed by atoms with Gasteiger partial charge in [0.2, 0.25) is 5.91 Å². The molecule has 0 saturated carbocycles. The Balaban J connectivity index is 1.93. The number of benzene rings is 1. The van der Waals surface area contributed by atoms with E-state index in [9.17, 15) is 9.90 Å². The number of hydrogen-bond donors (Lipinski definition) is 2. The Morgan fingerprint density at radius 3 is 3.00 bits per heavy atom. The second-order valence-corrected chi connectivity index (χ2v) is 5.98. The molecule has 1 unspecified atom stereocenters. The molecule has 20 heavy (non-hydrogen) atoms. The summed E-state index contributed by atoms with van der Waals surface area (Å²) >= 11 is 1.60. The zero-order chi connectivity index (χ0) is 14.1. The first-order valence-corrected chi connectivity index (χ1v) is 7.74. The van der Waals surface area contributed by atoms with E-state index < -0.39 is 6.10 Å². The van der Waals surface area contributed by atoms with Crippen LogP contribution in [-0.2, 0) is 17.6 Å². The van der Waals surface area contributed by atoms with Crippen molar-refractivity contribution in [2.24, 2.45) is 0 Å². The van der Waals surface area contributed by atoms with E-state index in [1.165, 1.54) is 5.56 Å². The summed E-state index contributed by atoms with van der Waals surface area (Å²) in [6.07, 6.45) is 1.61. The van der Waals surface area contributed by atoms with Crippen molar-refractivity contribution in [1.82, 2.24) is 0 Å². The van der Waals surface area contributed by atoms with Crippen molar-refractivity contribution in [1.29, 1.82) is 0 Å². The van der Waals surface area contributed by atoms with Gasteiger partial charge in [-0.1, -0.05) is 19.1 Å². The van der Waals surface area contributed by atoms with Gasteiger partial charge in [-0.3, -0.25) is 4.79 Å². The van der Waals surface area contributed by atoms with Crippen LogP contribution in [-0.4, -0.2) is 11.0 Å². The molecule has 3 nitrogen and oxygen atoms in total. The molecule has 2 aromatic rings. The summed E-state index contributed by atoms with van der Waals surface area (Å²) in [4.78, 5) is 12.4. The van der Waals surface area contributed by atoms with Gasteiger partial charge in [0, 0.05) is 17.0 Å². The van der Waals surface area contributed by atoms with Gasteiger partial charge in [0.05, 0.1) is 0 Å². The normalized spacial score (nSPS) is 15.6. The van der Waals surface area contributed by atoms with Gasteiger partial charge in [0.25, 0.3) is 0 Å². The molecular weight excluding hydrogens is 270 g/mol. The molecule has 1 aliphatic heterocycles. The minimum atomic E-state index is -0.576. The Morgan fingerprint density at radius 1 is 1.35 bits per heavy atom. The van der Waals surface area contributed by atoms with Gasteiger partial charge < -0.3 is 10.4 Å². The van der Waals surface area contributed by atoms with E-state index in [-0.39, 0.29) is 5.91 Å². The van der Waals surface area contributed by atoms with Crippen LogP contribution in [0.25, 0.3) is 0 Å². The van der Waals surface area contributed by atoms with Crippen LogP contribution in [0.15, 0.2) is 29.6 Å². The second kappa shape index (κ2) is 5.38. The van der Waals surface area contributed by atoms with Crippen molar-refractivity contribution in [3.63, 3.8) is 0 Å². The van der Waals surface area contributed by atoms with Crippen molar-refractivity contribution in [2.45, 2.75) is 32.3 Å². The molecule has 2 heterocycles. The van der Waals surface area contributed by atoms with Crippen LogP contribution in [0.5, 0.6) is 0 Å². The number of fused-ring (bicyclic) bond motifs is 1. The second-order valence-electron chi connectivity index (χ2n) is 5.03. The molecule has 1 aromatic heterocycles. The number of carbonyl (C=O) groups is 1. The van der Waals surface area contributed by atoms with E-state index in [1.54, 1.807) is 11.3 Å². The monoisotopic (exact) mass is 287 g/mol. The molecule has 104 valence electrons. The predicted molar refractivity (Wildman–Crippen MR) is 81.2 cm³/mol. The largest absolute Gasteiger partial charge is 0.383 e. The van der Waals surface area contributed by atoms with Gasteiger partial charge >= 0.3 is 0 Å². The first kappa shape index (κ1) is 13.3. The van der Waals surface area contributed by atoms with Crippen LogP contribution < -0.4 is 5.32 Å². The number of carbonyl (C=O) groups excluding carboxylic acids is 1. The number of amides is 1. The van der Waals surface area contributed by atoms with Crippen LogP contribution in [0, 0.1) is 0 Å². The number of aliphatic hydroxyl groups is 1. The SMILES string of the molecule is CCc1ccsc1C(O)c1ccc2c(c1)CCC(=O)N2. The third kappa shape index (κ3) is 2.37. The molecule has 3 rings (SSSR count). The maximum absolute atomic E-state index is 11.4. The number of aliphatic hydroxyl groups excluding tert-OH is 1. The molecular formula is C16H17NO2S. The Kier molecular flexibility index (Phi) is 3.59. The van der Waals surface area contributed by atoms with Gasteiger partial charge in [-0.05, 0) is 47.0 Å². The van der Waals surface area contributed by atoms with Crippen LogP contribution in [0.2, 0.25) is 0 Å². The quantitative estimate of drug-likeness (QED) is 0.910. The number of anilines is 1. The Bertz CT molecular complexity index is 648. The van der Waals surface area contributed by atoms with Crippen LogP contribution in [0.1, 0.15) is 41.0 Å². The van der Waals surface area contributed by atoms with E-state index in [1.807, 2.05) is 23.6 Å². The molecule has 0 aliphatic carbocycles. The van der Waals surface area contributed by atoms with Gasteiger partial charge in [0.15, 0.2) is 0 Å². The molecule has 0 bridgehead atoms. The van der Waals surface area contributed by atoms with E-state index in [2.05, 4.69) is 18.3 Å². The first-order chi connectivity index (χ1) is 9.69. The van der Waals surface area contributed by atoms with Crippen molar-refractivity contribution in [3.05, 3.63) is 51.2 Å². The lowest BCUT2D eigenvalue weighted by Crippen LogP contribution is -2.19. The molecule has 1 atom stereocenters. The zero-order valence-corrected chi connectivity index (χ0v) is 12.2. The summed E-state index contributed by atoms with van der Waals surface area (Å²) in [5, 5.41) is 15.5. The van der Waals surface area contributed by atoms with Gasteiger partial charge in [0.1, 0.15) is 6.10 Å². The Morgan fingerprint density at radius 2 is 2.20 bits per heavy atom. The molecule has 0 spiro atoms. The number of thiophene rings is 1. The first-order valence-electron chi connectivity index (χ1n) is 6.86. The Labute approximate surface area is 122 Å². The third-order valence-electron chi connectivity index (χ3n) is 3.75. The van der Waals surface area contributed by atoms with Gasteiger partial charge in [-0.25, -0.2) is 0 Å². The number of hydrogen-bond acceptors (Lipinski definition) is 3. The Hall–Kier alpha value is -1.65. The lowest BCUT2D eigenvalue weighted by Gasteiger charge is -2.19. The smallest absolute Gasteiger partial charge is 0.224 e. The average molecular weight is 287 g/mol. The summed E-state index contributed by atoms with van der Waals surface area (Å²) in [6.45, 7) is 2.10. The summed E-state index contributed by atoms with van der Waals surface area (Å²) < 4.78 is 0. The fourth-order valence-corrected chi connectivity index (χ4v) is 3.61. The van der Waals surface area contributed by atoms with Gasteiger partial charge in [-0.15, -0.1) is 11.3 Å². The standard InChI is InChI=1S/C16H17NO2S/c1-2-10-7-8-20-16(10)15(19)12-3-5-13-11(9-12)4-6-14(18)17-13/h3,5,7-9,15,19H,2,4,6H2,1H3,(H,17,18).